The van der Waals surface area contributed by atoms with Crippen LogP contribution in [0.25, 0.3) is 0 Å². The molecule has 0 unspecified atom stereocenters. The summed E-state index contributed by atoms with van der Waals surface area (Å²) in [6.45, 7) is 0.665. The summed E-state index contributed by atoms with van der Waals surface area (Å²) in [6.07, 6.45) is 1.62. The van der Waals surface area contributed by atoms with Crippen molar-refractivity contribution in [1.82, 2.24) is 0 Å². The molecule has 2 amide bonds. The Hall–Kier alpha value is -2.73. The van der Waals surface area contributed by atoms with E-state index < -0.39 is 0 Å². The summed E-state index contributed by atoms with van der Waals surface area (Å²) >= 11 is 0. The standard InChI is InChI=1S/C19H21N3O3.ClH/c1-25-17-9-8-15(12-16(17)22-10-2-3-19(22)24)21-18(23)11-13-4-6-14(20)7-5-13;/h4-9,12H,2-3,10-11,20H2,1H3,(H,21,23);1H. The molecule has 0 spiro atoms. The highest BCUT2D eigenvalue weighted by molar-refractivity contribution is 5.98. The number of nitrogens with one attached hydrogen (secondary N) is 1. The molecule has 0 aliphatic carbocycles. The lowest BCUT2D eigenvalue weighted by molar-refractivity contribution is -0.117. The molecule has 1 heterocycles. The van der Waals surface area contributed by atoms with Gasteiger partial charge >= 0.3 is 0 Å². The molecule has 138 valence electrons. The van der Waals surface area contributed by atoms with Gasteiger partial charge < -0.3 is 20.7 Å². The predicted octanol–water partition coefficient (Wildman–Crippen LogP) is 3.01. The maximum atomic E-state index is 12.3. The Labute approximate surface area is 158 Å². The molecule has 3 N–H and O–H groups in total. The molecule has 0 saturated carbocycles. The zero-order valence-electron chi connectivity index (χ0n) is 14.5. The number of carbonyl (C=O) groups excluding carboxylic acids is 2. The number of hydrogen-bond acceptors (Lipinski definition) is 4. The Morgan fingerprint density at radius 1 is 1.23 bits per heavy atom. The number of amides is 2. The third-order valence-corrected chi connectivity index (χ3v) is 4.17. The third-order valence-electron chi connectivity index (χ3n) is 4.17. The van der Waals surface area contributed by atoms with Crippen LogP contribution < -0.4 is 20.7 Å². The molecular formula is C19H22ClN3O3. The van der Waals surface area contributed by atoms with E-state index in [0.717, 1.165) is 12.0 Å². The van der Waals surface area contributed by atoms with Crippen molar-refractivity contribution in [3.05, 3.63) is 48.0 Å². The lowest BCUT2D eigenvalue weighted by atomic mass is 10.1. The summed E-state index contributed by atoms with van der Waals surface area (Å²) < 4.78 is 5.35. The number of methoxy groups -OCH3 is 1. The quantitative estimate of drug-likeness (QED) is 0.787. The molecule has 0 radical (unpaired) electrons. The van der Waals surface area contributed by atoms with Gasteiger partial charge in [-0.1, -0.05) is 12.1 Å². The van der Waals surface area contributed by atoms with Gasteiger partial charge in [0.1, 0.15) is 5.75 Å². The lowest BCUT2D eigenvalue weighted by Crippen LogP contribution is -2.24. The van der Waals surface area contributed by atoms with Crippen LogP contribution in [0, 0.1) is 0 Å². The SMILES string of the molecule is COc1ccc(NC(=O)Cc2ccc(N)cc2)cc1N1CCCC1=O.Cl. The molecule has 0 aromatic heterocycles. The second-order valence-electron chi connectivity index (χ2n) is 6.00. The van der Waals surface area contributed by atoms with Crippen molar-refractivity contribution in [1.29, 1.82) is 0 Å². The van der Waals surface area contributed by atoms with Gasteiger partial charge in [0.05, 0.1) is 19.2 Å². The van der Waals surface area contributed by atoms with Crippen molar-refractivity contribution in [3.63, 3.8) is 0 Å². The number of nitrogens with zero attached hydrogens (tertiary/aromatic N) is 1. The number of halogens is 1. The molecule has 3 rings (SSSR count). The van der Waals surface area contributed by atoms with Gasteiger partial charge in [-0.3, -0.25) is 9.59 Å². The van der Waals surface area contributed by atoms with Crippen LogP contribution in [0.2, 0.25) is 0 Å². The minimum atomic E-state index is -0.131. The monoisotopic (exact) mass is 375 g/mol. The van der Waals surface area contributed by atoms with Crippen LogP contribution in [0.1, 0.15) is 18.4 Å². The van der Waals surface area contributed by atoms with E-state index >= 15 is 0 Å². The Bertz CT molecular complexity index is 793. The first-order chi connectivity index (χ1) is 12.1. The smallest absolute Gasteiger partial charge is 0.228 e. The summed E-state index contributed by atoms with van der Waals surface area (Å²) in [5.41, 5.74) is 8.53. The average molecular weight is 376 g/mol. The zero-order valence-corrected chi connectivity index (χ0v) is 15.3. The van der Waals surface area contributed by atoms with Crippen LogP contribution in [0.4, 0.5) is 17.1 Å². The zero-order chi connectivity index (χ0) is 17.8. The van der Waals surface area contributed by atoms with Crippen molar-refractivity contribution >= 4 is 41.3 Å². The van der Waals surface area contributed by atoms with E-state index in [2.05, 4.69) is 5.32 Å². The maximum absolute atomic E-state index is 12.3. The largest absolute Gasteiger partial charge is 0.495 e. The minimum Gasteiger partial charge on any atom is -0.495 e. The highest BCUT2D eigenvalue weighted by Gasteiger charge is 2.24. The van der Waals surface area contributed by atoms with Crippen molar-refractivity contribution in [2.45, 2.75) is 19.3 Å². The highest BCUT2D eigenvalue weighted by Crippen LogP contribution is 2.34. The number of benzene rings is 2. The van der Waals surface area contributed by atoms with E-state index in [1.165, 1.54) is 0 Å². The summed E-state index contributed by atoms with van der Waals surface area (Å²) in [6, 6.07) is 12.5. The van der Waals surface area contributed by atoms with Gasteiger partial charge in [-0.2, -0.15) is 0 Å². The second kappa shape index (κ2) is 8.58. The van der Waals surface area contributed by atoms with Crippen LogP contribution in [0.3, 0.4) is 0 Å². The van der Waals surface area contributed by atoms with E-state index in [4.69, 9.17) is 10.5 Å². The first kappa shape index (κ1) is 19.6. The predicted molar refractivity (Wildman–Crippen MR) is 105 cm³/mol. The van der Waals surface area contributed by atoms with Gasteiger partial charge in [0.25, 0.3) is 0 Å². The van der Waals surface area contributed by atoms with Crippen molar-refractivity contribution < 1.29 is 14.3 Å². The van der Waals surface area contributed by atoms with Crippen molar-refractivity contribution in [2.75, 3.05) is 29.6 Å². The molecule has 0 atom stereocenters. The summed E-state index contributed by atoms with van der Waals surface area (Å²) in [4.78, 5) is 26.0. The fourth-order valence-corrected chi connectivity index (χ4v) is 2.91. The third kappa shape index (κ3) is 4.46. The number of nitrogen functional groups attached to an aromatic ring is 1. The van der Waals surface area contributed by atoms with E-state index in [-0.39, 0.29) is 30.6 Å². The summed E-state index contributed by atoms with van der Waals surface area (Å²) in [5.74, 6) is 0.559. The van der Waals surface area contributed by atoms with Gasteiger partial charge in [-0.15, -0.1) is 12.4 Å². The van der Waals surface area contributed by atoms with Gasteiger partial charge in [-0.05, 0) is 42.3 Å². The van der Waals surface area contributed by atoms with E-state index in [1.807, 2.05) is 12.1 Å². The fourth-order valence-electron chi connectivity index (χ4n) is 2.91. The molecule has 26 heavy (non-hydrogen) atoms. The van der Waals surface area contributed by atoms with Gasteiger partial charge in [0, 0.05) is 24.3 Å². The van der Waals surface area contributed by atoms with E-state index in [1.54, 1.807) is 42.3 Å². The summed E-state index contributed by atoms with van der Waals surface area (Å²) in [5, 5.41) is 2.87. The molecule has 1 aliphatic rings. The molecule has 1 fully saturated rings. The Morgan fingerprint density at radius 2 is 1.96 bits per heavy atom. The Balaban J connectivity index is 0.00000243. The molecular weight excluding hydrogens is 354 g/mol. The summed E-state index contributed by atoms with van der Waals surface area (Å²) in [7, 11) is 1.57. The van der Waals surface area contributed by atoms with Gasteiger partial charge in [0.2, 0.25) is 11.8 Å². The van der Waals surface area contributed by atoms with Crippen molar-refractivity contribution in [2.24, 2.45) is 0 Å². The molecule has 0 bridgehead atoms. The molecule has 6 nitrogen and oxygen atoms in total. The Kier molecular flexibility index (Phi) is 6.46. The number of hydrogen-bond donors (Lipinski definition) is 2. The fraction of sp³-hybridized carbons (Fsp3) is 0.263. The lowest BCUT2D eigenvalue weighted by Gasteiger charge is -2.20. The number of carbonyl (C=O) groups is 2. The van der Waals surface area contributed by atoms with E-state index in [0.29, 0.717) is 35.8 Å². The van der Waals surface area contributed by atoms with Crippen LogP contribution in [0.15, 0.2) is 42.5 Å². The number of anilines is 3. The van der Waals surface area contributed by atoms with Gasteiger partial charge in [0.15, 0.2) is 0 Å². The molecule has 1 saturated heterocycles. The first-order valence-corrected chi connectivity index (χ1v) is 8.19. The second-order valence-corrected chi connectivity index (χ2v) is 6.00. The first-order valence-electron chi connectivity index (χ1n) is 8.19. The average Bonchev–Trinajstić information content (AvgIpc) is 3.02. The molecule has 2 aromatic carbocycles. The molecule has 1 aliphatic heterocycles. The van der Waals surface area contributed by atoms with Crippen LogP contribution in [0.5, 0.6) is 5.75 Å². The number of nitrogens with two attached hydrogens (primary N) is 1. The van der Waals surface area contributed by atoms with Crippen LogP contribution >= 0.6 is 12.4 Å². The number of rotatable bonds is 5. The topological polar surface area (TPSA) is 84.7 Å². The highest BCUT2D eigenvalue weighted by atomic mass is 35.5. The molecule has 7 heteroatoms. The maximum Gasteiger partial charge on any atom is 0.228 e. The number of ether oxygens (including phenoxy) is 1. The van der Waals surface area contributed by atoms with E-state index in [9.17, 15) is 9.59 Å². The van der Waals surface area contributed by atoms with Gasteiger partial charge in [-0.25, -0.2) is 0 Å². The molecule has 2 aromatic rings. The van der Waals surface area contributed by atoms with Crippen molar-refractivity contribution in [3.8, 4) is 5.75 Å². The minimum absolute atomic E-state index is 0. The normalized spacial score (nSPS) is 13.3. The van der Waals surface area contributed by atoms with Crippen LogP contribution in [-0.2, 0) is 16.0 Å². The van der Waals surface area contributed by atoms with Crippen LogP contribution in [-0.4, -0.2) is 25.5 Å². The Morgan fingerprint density at radius 3 is 2.58 bits per heavy atom.